The number of urea groups is 1. The average Bonchev–Trinajstić information content (AvgIpc) is 2.67. The summed E-state index contributed by atoms with van der Waals surface area (Å²) >= 11 is 0. The van der Waals surface area contributed by atoms with Crippen molar-refractivity contribution in [2.75, 3.05) is 29.6 Å². The minimum atomic E-state index is -0.443. The number of fused-ring (bicyclic) bond motifs is 1. The highest BCUT2D eigenvalue weighted by Crippen LogP contribution is 2.19. The largest absolute Gasteiger partial charge is 0.469 e. The molecule has 0 aliphatic heterocycles. The lowest BCUT2D eigenvalue weighted by molar-refractivity contribution is -0.140. The maximum atomic E-state index is 12.3. The standard InChI is InChI=1S/C20H21N5O3/c1-13-11-17(21-10-9-18(26)28-2)24-19(22-13)25-20(27)23-16-8-7-14-5-3-4-6-15(14)12-16/h3-8,11-12H,9-10H2,1-2H3,(H3,21,22,23,24,25,27). The number of carbonyl (C=O) groups is 2. The van der Waals surface area contributed by atoms with Crippen LogP contribution in [0.3, 0.4) is 0 Å². The van der Waals surface area contributed by atoms with Crippen molar-refractivity contribution in [2.24, 2.45) is 0 Å². The number of nitrogens with zero attached hydrogens (tertiary/aromatic N) is 2. The van der Waals surface area contributed by atoms with Gasteiger partial charge in [0, 0.05) is 24.0 Å². The summed E-state index contributed by atoms with van der Waals surface area (Å²) in [5.74, 6) is 0.364. The van der Waals surface area contributed by atoms with Crippen LogP contribution in [0, 0.1) is 6.92 Å². The van der Waals surface area contributed by atoms with Crippen LogP contribution in [0.1, 0.15) is 12.1 Å². The van der Waals surface area contributed by atoms with Gasteiger partial charge in [0.05, 0.1) is 13.5 Å². The van der Waals surface area contributed by atoms with Crippen LogP contribution < -0.4 is 16.0 Å². The molecule has 0 aliphatic carbocycles. The molecule has 0 unspecified atom stereocenters. The molecular formula is C20H21N5O3. The van der Waals surface area contributed by atoms with E-state index in [-0.39, 0.29) is 18.3 Å². The number of anilines is 3. The quantitative estimate of drug-likeness (QED) is 0.566. The minimum Gasteiger partial charge on any atom is -0.469 e. The normalized spacial score (nSPS) is 10.4. The SMILES string of the molecule is COC(=O)CCNc1cc(C)nc(NC(=O)Nc2ccc3ccccc3c2)n1. The number of aryl methyl sites for hydroxylation is 1. The maximum Gasteiger partial charge on any atom is 0.326 e. The Kier molecular flexibility index (Phi) is 6.01. The van der Waals surface area contributed by atoms with E-state index in [1.54, 1.807) is 13.0 Å². The Morgan fingerprint density at radius 2 is 1.79 bits per heavy atom. The van der Waals surface area contributed by atoms with Crippen LogP contribution in [0.4, 0.5) is 22.2 Å². The first-order valence-corrected chi connectivity index (χ1v) is 8.76. The molecule has 2 aromatic carbocycles. The van der Waals surface area contributed by atoms with Crippen LogP contribution in [0.5, 0.6) is 0 Å². The topological polar surface area (TPSA) is 105 Å². The Bertz CT molecular complexity index is 1010. The molecule has 1 aromatic heterocycles. The fraction of sp³-hybridized carbons (Fsp3) is 0.200. The predicted molar refractivity (Wildman–Crippen MR) is 108 cm³/mol. The first-order chi connectivity index (χ1) is 13.5. The molecular weight excluding hydrogens is 358 g/mol. The molecule has 3 aromatic rings. The zero-order valence-corrected chi connectivity index (χ0v) is 15.7. The molecule has 3 rings (SSSR count). The molecule has 0 saturated heterocycles. The van der Waals surface area contributed by atoms with Gasteiger partial charge in [-0.3, -0.25) is 10.1 Å². The average molecular weight is 379 g/mol. The summed E-state index contributed by atoms with van der Waals surface area (Å²) in [4.78, 5) is 31.9. The van der Waals surface area contributed by atoms with Gasteiger partial charge in [-0.15, -0.1) is 0 Å². The molecule has 0 aliphatic rings. The van der Waals surface area contributed by atoms with Crippen LogP contribution in [0.2, 0.25) is 0 Å². The number of methoxy groups -OCH3 is 1. The van der Waals surface area contributed by atoms with Crippen molar-refractivity contribution >= 4 is 40.2 Å². The maximum absolute atomic E-state index is 12.3. The molecule has 0 radical (unpaired) electrons. The van der Waals surface area contributed by atoms with Crippen molar-refractivity contribution in [1.82, 2.24) is 9.97 Å². The summed E-state index contributed by atoms with van der Waals surface area (Å²) in [5, 5.41) is 10.5. The lowest BCUT2D eigenvalue weighted by Crippen LogP contribution is -2.21. The van der Waals surface area contributed by atoms with Crippen molar-refractivity contribution in [3.8, 4) is 0 Å². The minimum absolute atomic E-state index is 0.166. The van der Waals surface area contributed by atoms with Crippen LogP contribution in [0.25, 0.3) is 10.8 Å². The lowest BCUT2D eigenvalue weighted by atomic mass is 10.1. The third kappa shape index (κ3) is 5.16. The van der Waals surface area contributed by atoms with Gasteiger partial charge in [0.2, 0.25) is 5.95 Å². The molecule has 8 nitrogen and oxygen atoms in total. The van der Waals surface area contributed by atoms with E-state index in [0.717, 1.165) is 10.8 Å². The van der Waals surface area contributed by atoms with Gasteiger partial charge in [0.15, 0.2) is 0 Å². The van der Waals surface area contributed by atoms with Gasteiger partial charge in [-0.1, -0.05) is 30.3 Å². The fourth-order valence-corrected chi connectivity index (χ4v) is 2.64. The lowest BCUT2D eigenvalue weighted by Gasteiger charge is -2.10. The Hall–Kier alpha value is -3.68. The molecule has 144 valence electrons. The van der Waals surface area contributed by atoms with Crippen LogP contribution in [-0.4, -0.2) is 35.6 Å². The van der Waals surface area contributed by atoms with E-state index in [0.29, 0.717) is 23.7 Å². The highest BCUT2D eigenvalue weighted by atomic mass is 16.5. The van der Waals surface area contributed by atoms with Crippen LogP contribution >= 0.6 is 0 Å². The molecule has 0 atom stereocenters. The Morgan fingerprint density at radius 1 is 1.00 bits per heavy atom. The number of benzene rings is 2. The van der Waals surface area contributed by atoms with Gasteiger partial charge < -0.3 is 15.4 Å². The summed E-state index contributed by atoms with van der Waals surface area (Å²) in [7, 11) is 1.34. The molecule has 0 bridgehead atoms. The van der Waals surface area contributed by atoms with Crippen molar-refractivity contribution in [1.29, 1.82) is 0 Å². The highest BCUT2D eigenvalue weighted by molar-refractivity contribution is 6.00. The van der Waals surface area contributed by atoms with E-state index in [1.807, 2.05) is 42.5 Å². The molecule has 3 N–H and O–H groups in total. The Labute approximate surface area is 162 Å². The number of esters is 1. The first-order valence-electron chi connectivity index (χ1n) is 8.76. The Morgan fingerprint density at radius 3 is 2.57 bits per heavy atom. The first kappa shape index (κ1) is 19.1. The number of rotatable bonds is 6. The van der Waals surface area contributed by atoms with E-state index < -0.39 is 6.03 Å². The Balaban J connectivity index is 1.63. The molecule has 0 saturated carbocycles. The van der Waals surface area contributed by atoms with E-state index in [9.17, 15) is 9.59 Å². The summed E-state index contributed by atoms with van der Waals surface area (Å²) in [6.07, 6.45) is 0.213. The van der Waals surface area contributed by atoms with Gasteiger partial charge in [0.1, 0.15) is 5.82 Å². The van der Waals surface area contributed by atoms with Gasteiger partial charge >= 0.3 is 12.0 Å². The summed E-state index contributed by atoms with van der Waals surface area (Å²) in [6.45, 7) is 2.16. The zero-order chi connectivity index (χ0) is 19.9. The fourth-order valence-electron chi connectivity index (χ4n) is 2.64. The van der Waals surface area contributed by atoms with Crippen LogP contribution in [-0.2, 0) is 9.53 Å². The molecule has 8 heteroatoms. The summed E-state index contributed by atoms with van der Waals surface area (Å²) < 4.78 is 4.59. The number of amides is 2. The third-order valence-electron chi connectivity index (χ3n) is 3.95. The number of ether oxygens (including phenoxy) is 1. The third-order valence-corrected chi connectivity index (χ3v) is 3.95. The molecule has 0 fully saturated rings. The monoisotopic (exact) mass is 379 g/mol. The van der Waals surface area contributed by atoms with Gasteiger partial charge in [-0.2, -0.15) is 4.98 Å². The van der Waals surface area contributed by atoms with Crippen molar-refractivity contribution in [3.05, 3.63) is 54.2 Å². The number of nitrogens with one attached hydrogen (secondary N) is 3. The summed E-state index contributed by atoms with van der Waals surface area (Å²) in [5.41, 5.74) is 1.34. The van der Waals surface area contributed by atoms with E-state index in [2.05, 4.69) is 30.7 Å². The van der Waals surface area contributed by atoms with Crippen molar-refractivity contribution < 1.29 is 14.3 Å². The van der Waals surface area contributed by atoms with Gasteiger partial charge in [-0.25, -0.2) is 9.78 Å². The zero-order valence-electron chi connectivity index (χ0n) is 15.7. The van der Waals surface area contributed by atoms with Crippen LogP contribution in [0.15, 0.2) is 48.5 Å². The number of carbonyl (C=O) groups excluding carboxylic acids is 2. The van der Waals surface area contributed by atoms with E-state index in [4.69, 9.17) is 0 Å². The second-order valence-electron chi connectivity index (χ2n) is 6.11. The number of hydrogen-bond acceptors (Lipinski definition) is 6. The molecule has 2 amide bonds. The highest BCUT2D eigenvalue weighted by Gasteiger charge is 2.08. The van der Waals surface area contributed by atoms with E-state index in [1.165, 1.54) is 7.11 Å². The molecule has 28 heavy (non-hydrogen) atoms. The van der Waals surface area contributed by atoms with E-state index >= 15 is 0 Å². The predicted octanol–water partition coefficient (Wildman–Crippen LogP) is 3.56. The second kappa shape index (κ2) is 8.81. The number of hydrogen-bond donors (Lipinski definition) is 3. The molecule has 0 spiro atoms. The van der Waals surface area contributed by atoms with Gasteiger partial charge in [0.25, 0.3) is 0 Å². The van der Waals surface area contributed by atoms with Gasteiger partial charge in [-0.05, 0) is 29.8 Å². The second-order valence-corrected chi connectivity index (χ2v) is 6.11. The van der Waals surface area contributed by atoms with Crippen molar-refractivity contribution in [3.63, 3.8) is 0 Å². The smallest absolute Gasteiger partial charge is 0.326 e. The van der Waals surface area contributed by atoms with Crippen molar-refractivity contribution in [2.45, 2.75) is 13.3 Å². The summed E-state index contributed by atoms with van der Waals surface area (Å²) in [6, 6.07) is 14.9. The molecule has 1 heterocycles. The number of aromatic nitrogens is 2.